The molecule has 0 aliphatic heterocycles. The van der Waals surface area contributed by atoms with Crippen LogP contribution in [0, 0.1) is 0 Å². The zero-order valence-electron chi connectivity index (χ0n) is 15.1. The minimum Gasteiger partial charge on any atom is -0.466 e. The van der Waals surface area contributed by atoms with Crippen molar-refractivity contribution >= 4 is 5.97 Å². The Hall–Kier alpha value is -0.530. The second-order valence-electron chi connectivity index (χ2n) is 5.05. The Labute approximate surface area is 128 Å². The molecule has 0 aliphatic rings. The Morgan fingerprint density at radius 1 is 0.650 bits per heavy atom. The summed E-state index contributed by atoms with van der Waals surface area (Å²) in [5, 5.41) is 0. The SMILES string of the molecule is CCCCCCC.CCCCCCC.CCOC(C)=O. The normalized spacial score (nSPS) is 8.90. The van der Waals surface area contributed by atoms with E-state index in [1.807, 2.05) is 0 Å². The van der Waals surface area contributed by atoms with Crippen molar-refractivity contribution < 1.29 is 9.53 Å². The van der Waals surface area contributed by atoms with Crippen molar-refractivity contribution in [1.82, 2.24) is 0 Å². The molecule has 0 radical (unpaired) electrons. The molecule has 0 bridgehead atoms. The van der Waals surface area contributed by atoms with E-state index >= 15 is 0 Å². The average molecular weight is 289 g/mol. The number of esters is 1. The molecule has 0 fully saturated rings. The van der Waals surface area contributed by atoms with Crippen molar-refractivity contribution in [1.29, 1.82) is 0 Å². The molecule has 0 heterocycles. The van der Waals surface area contributed by atoms with Crippen LogP contribution in [0.5, 0.6) is 0 Å². The van der Waals surface area contributed by atoms with Gasteiger partial charge in [0, 0.05) is 6.92 Å². The summed E-state index contributed by atoms with van der Waals surface area (Å²) < 4.78 is 4.40. The van der Waals surface area contributed by atoms with Gasteiger partial charge in [-0.3, -0.25) is 4.79 Å². The van der Waals surface area contributed by atoms with Gasteiger partial charge in [-0.15, -0.1) is 0 Å². The highest BCUT2D eigenvalue weighted by Gasteiger charge is 1.82. The Morgan fingerprint density at radius 2 is 0.950 bits per heavy atom. The highest BCUT2D eigenvalue weighted by atomic mass is 16.5. The lowest BCUT2D eigenvalue weighted by Crippen LogP contribution is -1.95. The van der Waals surface area contributed by atoms with Crippen LogP contribution < -0.4 is 0 Å². The number of hydrogen-bond donors (Lipinski definition) is 0. The predicted octanol–water partition coefficient (Wildman–Crippen LogP) is 6.52. The molecule has 0 atom stereocenters. The van der Waals surface area contributed by atoms with E-state index in [0.717, 1.165) is 0 Å². The summed E-state index contributed by atoms with van der Waals surface area (Å²) in [6, 6.07) is 0. The number of unbranched alkanes of at least 4 members (excludes halogenated alkanes) is 8. The standard InChI is InChI=1S/2C7H16.C4H8O2/c2*1-3-5-7-6-4-2;1-3-6-4(2)5/h2*3-7H2,1-2H3;3H2,1-2H3. The first-order chi connectivity index (χ1) is 9.60. The fourth-order valence-electron chi connectivity index (χ4n) is 1.56. The summed E-state index contributed by atoms with van der Waals surface area (Å²) in [5.41, 5.74) is 0. The zero-order chi connectivity index (χ0) is 16.1. The second kappa shape index (κ2) is 26.9. The van der Waals surface area contributed by atoms with Crippen molar-refractivity contribution in [3.63, 3.8) is 0 Å². The molecule has 0 saturated carbocycles. The lowest BCUT2D eigenvalue weighted by Gasteiger charge is -1.90. The van der Waals surface area contributed by atoms with Crippen molar-refractivity contribution in [2.45, 2.75) is 106 Å². The van der Waals surface area contributed by atoms with E-state index < -0.39 is 0 Å². The highest BCUT2D eigenvalue weighted by molar-refractivity contribution is 5.65. The minimum absolute atomic E-state index is 0.211. The van der Waals surface area contributed by atoms with E-state index in [9.17, 15) is 4.79 Å². The second-order valence-corrected chi connectivity index (χ2v) is 5.05. The molecule has 0 N–H and O–H groups in total. The summed E-state index contributed by atoms with van der Waals surface area (Å²) in [6.07, 6.45) is 14.0. The van der Waals surface area contributed by atoms with Gasteiger partial charge >= 0.3 is 5.97 Å². The van der Waals surface area contributed by atoms with Gasteiger partial charge in [0.25, 0.3) is 0 Å². The van der Waals surface area contributed by atoms with Gasteiger partial charge in [0.05, 0.1) is 6.61 Å². The van der Waals surface area contributed by atoms with Gasteiger partial charge in [-0.25, -0.2) is 0 Å². The third kappa shape index (κ3) is 43.2. The van der Waals surface area contributed by atoms with E-state index in [1.165, 1.54) is 71.1 Å². The molecule has 0 aromatic heterocycles. The van der Waals surface area contributed by atoms with Crippen molar-refractivity contribution in [3.8, 4) is 0 Å². The van der Waals surface area contributed by atoms with Gasteiger partial charge in [-0.2, -0.15) is 0 Å². The molecule has 0 aliphatic carbocycles. The molecular weight excluding hydrogens is 248 g/mol. The van der Waals surface area contributed by atoms with Crippen molar-refractivity contribution in [2.24, 2.45) is 0 Å². The van der Waals surface area contributed by atoms with E-state index in [1.54, 1.807) is 6.92 Å². The molecule has 20 heavy (non-hydrogen) atoms. The third-order valence-electron chi connectivity index (χ3n) is 2.76. The third-order valence-corrected chi connectivity index (χ3v) is 2.76. The molecular formula is C18H40O2. The maximum atomic E-state index is 9.82. The van der Waals surface area contributed by atoms with Crippen LogP contribution >= 0.6 is 0 Å². The number of rotatable bonds is 9. The van der Waals surface area contributed by atoms with Crippen molar-refractivity contribution in [2.75, 3.05) is 6.61 Å². The van der Waals surface area contributed by atoms with Crippen molar-refractivity contribution in [3.05, 3.63) is 0 Å². The Kier molecular flexibility index (Phi) is 33.0. The van der Waals surface area contributed by atoms with Gasteiger partial charge in [-0.05, 0) is 6.92 Å². The van der Waals surface area contributed by atoms with Gasteiger partial charge in [0.1, 0.15) is 0 Å². The van der Waals surface area contributed by atoms with Crippen LogP contribution in [0.3, 0.4) is 0 Å². The molecule has 0 unspecified atom stereocenters. The summed E-state index contributed by atoms with van der Waals surface area (Å²) in [6.45, 7) is 12.6. The predicted molar refractivity (Wildman–Crippen MR) is 91.2 cm³/mol. The van der Waals surface area contributed by atoms with Gasteiger partial charge in [0.2, 0.25) is 0 Å². The summed E-state index contributed by atoms with van der Waals surface area (Å²) >= 11 is 0. The monoisotopic (exact) mass is 288 g/mol. The van der Waals surface area contributed by atoms with E-state index in [0.29, 0.717) is 6.61 Å². The number of ether oxygens (including phenoxy) is 1. The molecule has 0 saturated heterocycles. The number of carbonyl (C=O) groups excluding carboxylic acids is 1. The molecule has 0 aromatic carbocycles. The fourth-order valence-corrected chi connectivity index (χ4v) is 1.56. The smallest absolute Gasteiger partial charge is 0.302 e. The zero-order valence-corrected chi connectivity index (χ0v) is 15.1. The maximum absolute atomic E-state index is 9.82. The number of carbonyl (C=O) groups is 1. The Bertz CT molecular complexity index is 137. The van der Waals surface area contributed by atoms with Crippen LogP contribution in [0.15, 0.2) is 0 Å². The Morgan fingerprint density at radius 3 is 1.05 bits per heavy atom. The van der Waals surface area contributed by atoms with Crippen LogP contribution in [0.1, 0.15) is 106 Å². The summed E-state index contributed by atoms with van der Waals surface area (Å²) in [5.74, 6) is -0.211. The van der Waals surface area contributed by atoms with Crippen LogP contribution in [-0.4, -0.2) is 12.6 Å². The molecule has 2 nitrogen and oxygen atoms in total. The summed E-state index contributed by atoms with van der Waals surface area (Å²) in [7, 11) is 0. The average Bonchev–Trinajstić information content (AvgIpc) is 2.41. The summed E-state index contributed by atoms with van der Waals surface area (Å²) in [4.78, 5) is 9.82. The van der Waals surface area contributed by atoms with Crippen LogP contribution in [0.4, 0.5) is 0 Å². The molecule has 0 amide bonds. The van der Waals surface area contributed by atoms with E-state index in [4.69, 9.17) is 0 Å². The first-order valence-corrected chi connectivity index (χ1v) is 8.73. The van der Waals surface area contributed by atoms with Crippen LogP contribution in [0.25, 0.3) is 0 Å². The first kappa shape index (κ1) is 24.5. The largest absolute Gasteiger partial charge is 0.466 e. The van der Waals surface area contributed by atoms with Gasteiger partial charge in [-0.1, -0.05) is 91.9 Å². The van der Waals surface area contributed by atoms with E-state index in [-0.39, 0.29) is 5.97 Å². The van der Waals surface area contributed by atoms with Crippen LogP contribution in [0.2, 0.25) is 0 Å². The first-order valence-electron chi connectivity index (χ1n) is 8.73. The van der Waals surface area contributed by atoms with Gasteiger partial charge in [0.15, 0.2) is 0 Å². The Balaban J connectivity index is -0.000000218. The highest BCUT2D eigenvalue weighted by Crippen LogP contribution is 2.00. The number of hydrogen-bond acceptors (Lipinski definition) is 2. The molecule has 0 rings (SSSR count). The van der Waals surface area contributed by atoms with Crippen LogP contribution in [-0.2, 0) is 9.53 Å². The van der Waals surface area contributed by atoms with E-state index in [2.05, 4.69) is 32.4 Å². The molecule has 0 aromatic rings. The molecule has 124 valence electrons. The van der Waals surface area contributed by atoms with Gasteiger partial charge < -0.3 is 4.74 Å². The quantitative estimate of drug-likeness (QED) is 0.356. The topological polar surface area (TPSA) is 26.3 Å². The minimum atomic E-state index is -0.211. The fraction of sp³-hybridized carbons (Fsp3) is 0.944. The lowest BCUT2D eigenvalue weighted by molar-refractivity contribution is -0.140. The molecule has 0 spiro atoms. The maximum Gasteiger partial charge on any atom is 0.302 e. The lowest BCUT2D eigenvalue weighted by atomic mass is 10.2. The molecule has 2 heteroatoms.